The number of carbonyl (C=O) groups excluding carboxylic acids is 1. The van der Waals surface area contributed by atoms with Gasteiger partial charge in [-0.25, -0.2) is 0 Å². The number of hydrogen-bond acceptors (Lipinski definition) is 2. The van der Waals surface area contributed by atoms with E-state index in [9.17, 15) is 4.79 Å². The van der Waals surface area contributed by atoms with E-state index in [0.29, 0.717) is 11.2 Å². The molecule has 2 heteroatoms. The number of hydrogen-bond donors (Lipinski definition) is 0. The lowest BCUT2D eigenvalue weighted by Crippen LogP contribution is -2.58. The zero-order chi connectivity index (χ0) is 20.6. The summed E-state index contributed by atoms with van der Waals surface area (Å²) in [5, 5.41) is 0. The van der Waals surface area contributed by atoms with Crippen LogP contribution in [0.25, 0.3) is 0 Å². The van der Waals surface area contributed by atoms with Crippen molar-refractivity contribution in [3.63, 3.8) is 0 Å². The van der Waals surface area contributed by atoms with Crippen molar-refractivity contribution in [2.24, 2.45) is 46.3 Å². The molecule has 1 aliphatic heterocycles. The van der Waals surface area contributed by atoms with Gasteiger partial charge in [0.05, 0.1) is 0 Å². The van der Waals surface area contributed by atoms with Gasteiger partial charge in [0.2, 0.25) is 0 Å². The van der Waals surface area contributed by atoms with Crippen LogP contribution in [0.5, 0.6) is 0 Å². The molecule has 1 saturated heterocycles. The summed E-state index contributed by atoms with van der Waals surface area (Å²) in [5.74, 6) is 5.66. The maximum Gasteiger partial charge on any atom is 0.164 e. The van der Waals surface area contributed by atoms with Gasteiger partial charge in [-0.05, 0) is 85.9 Å². The highest BCUT2D eigenvalue weighted by molar-refractivity contribution is 5.88. The maximum atomic E-state index is 12.3. The third kappa shape index (κ3) is 2.79. The van der Waals surface area contributed by atoms with Gasteiger partial charge in [0.15, 0.2) is 5.78 Å². The van der Waals surface area contributed by atoms with Crippen molar-refractivity contribution in [2.75, 3.05) is 0 Å². The fourth-order valence-corrected chi connectivity index (χ4v) is 9.52. The lowest BCUT2D eigenvalue weighted by atomic mass is 9.44. The Kier molecular flexibility index (Phi) is 4.82. The quantitative estimate of drug-likeness (QED) is 0.474. The Balaban J connectivity index is 1.32. The van der Waals surface area contributed by atoms with Gasteiger partial charge in [-0.1, -0.05) is 53.9 Å². The van der Waals surface area contributed by atoms with E-state index in [1.54, 1.807) is 0 Å². The van der Waals surface area contributed by atoms with Crippen molar-refractivity contribution in [2.45, 2.75) is 117 Å². The Bertz CT molecular complexity index is 669. The van der Waals surface area contributed by atoms with Crippen molar-refractivity contribution in [1.82, 2.24) is 0 Å². The summed E-state index contributed by atoms with van der Waals surface area (Å²) in [6, 6.07) is 0. The van der Waals surface area contributed by atoms with Crippen LogP contribution in [0.3, 0.4) is 0 Å². The number of ketones is 1. The van der Waals surface area contributed by atoms with Crippen molar-refractivity contribution >= 4 is 5.78 Å². The number of Topliss-reactive ketones (excluding diaryl/α,β-unsaturated/α-hetero) is 1. The third-order valence-corrected chi connectivity index (χ3v) is 11.2. The molecule has 0 bridgehead atoms. The predicted molar refractivity (Wildman–Crippen MR) is 118 cm³/mol. The fraction of sp³-hybridized carbons (Fsp3) is 0.963. The molecule has 0 unspecified atom stereocenters. The second kappa shape index (κ2) is 6.81. The van der Waals surface area contributed by atoms with Crippen LogP contribution in [0.2, 0.25) is 0 Å². The molecule has 5 aliphatic rings. The first-order chi connectivity index (χ1) is 13.7. The lowest BCUT2D eigenvalue weighted by molar-refractivity contribution is -0.132. The molecule has 4 saturated carbocycles. The molecule has 9 atom stereocenters. The Morgan fingerprint density at radius 1 is 0.966 bits per heavy atom. The van der Waals surface area contributed by atoms with Gasteiger partial charge in [0, 0.05) is 11.8 Å². The average molecular weight is 401 g/mol. The van der Waals surface area contributed by atoms with Gasteiger partial charge in [-0.15, -0.1) is 0 Å². The second-order valence-electron chi connectivity index (χ2n) is 12.7. The van der Waals surface area contributed by atoms with Crippen molar-refractivity contribution in [1.29, 1.82) is 0 Å². The van der Waals surface area contributed by atoms with Gasteiger partial charge < -0.3 is 4.74 Å². The number of rotatable bonds is 5. The van der Waals surface area contributed by atoms with E-state index in [0.717, 1.165) is 54.8 Å². The molecular formula is C27H44O2. The van der Waals surface area contributed by atoms with Gasteiger partial charge in [-0.3, -0.25) is 4.79 Å². The summed E-state index contributed by atoms with van der Waals surface area (Å²) in [6.45, 7) is 12.5. The van der Waals surface area contributed by atoms with Crippen LogP contribution in [0, 0.1) is 46.3 Å². The zero-order valence-corrected chi connectivity index (χ0v) is 19.6. The summed E-state index contributed by atoms with van der Waals surface area (Å²) in [6.07, 6.45) is 14.3. The van der Waals surface area contributed by atoms with Crippen LogP contribution in [-0.2, 0) is 9.53 Å². The van der Waals surface area contributed by atoms with E-state index in [1.165, 1.54) is 51.4 Å². The van der Waals surface area contributed by atoms with Crippen LogP contribution in [0.15, 0.2) is 0 Å². The lowest BCUT2D eigenvalue weighted by Gasteiger charge is -2.59. The maximum absolute atomic E-state index is 12.3. The van der Waals surface area contributed by atoms with Gasteiger partial charge >= 0.3 is 0 Å². The normalized spacial score (nSPS) is 51.8. The number of epoxide rings is 1. The molecule has 164 valence electrons. The van der Waals surface area contributed by atoms with Crippen molar-refractivity contribution < 1.29 is 9.53 Å². The SMILES string of the molecule is CC(C)CCC[C@@H](C)[C@H]1CC[C@H]2[C@@H]3CC[C@@]45O[C@@H]4C(=O)CC[C@]5(C)[C@H]3CC[C@]12C. The summed E-state index contributed by atoms with van der Waals surface area (Å²) in [5.41, 5.74) is 0.768. The molecule has 0 aromatic carbocycles. The third-order valence-electron chi connectivity index (χ3n) is 11.2. The predicted octanol–water partition coefficient (Wildman–Crippen LogP) is 6.81. The molecule has 29 heavy (non-hydrogen) atoms. The minimum absolute atomic E-state index is 0.0344. The summed E-state index contributed by atoms with van der Waals surface area (Å²) in [7, 11) is 0. The highest BCUT2D eigenvalue weighted by atomic mass is 16.6. The molecule has 4 aliphatic carbocycles. The summed E-state index contributed by atoms with van der Waals surface area (Å²) < 4.78 is 6.24. The first kappa shape index (κ1) is 20.5. The molecule has 1 heterocycles. The largest absolute Gasteiger partial charge is 0.357 e. The van der Waals surface area contributed by atoms with Gasteiger partial charge in [0.1, 0.15) is 11.7 Å². The van der Waals surface area contributed by atoms with E-state index in [2.05, 4.69) is 34.6 Å². The van der Waals surface area contributed by atoms with Gasteiger partial charge in [-0.2, -0.15) is 0 Å². The summed E-state index contributed by atoms with van der Waals surface area (Å²) >= 11 is 0. The molecule has 5 rings (SSSR count). The number of carbonyl (C=O) groups is 1. The van der Waals surface area contributed by atoms with Crippen LogP contribution in [0.1, 0.15) is 105 Å². The fourth-order valence-electron chi connectivity index (χ4n) is 9.52. The van der Waals surface area contributed by atoms with E-state index in [4.69, 9.17) is 4.74 Å². The smallest absolute Gasteiger partial charge is 0.164 e. The molecule has 0 radical (unpaired) electrons. The molecule has 2 nitrogen and oxygen atoms in total. The van der Waals surface area contributed by atoms with E-state index in [1.807, 2.05) is 0 Å². The van der Waals surface area contributed by atoms with E-state index >= 15 is 0 Å². The van der Waals surface area contributed by atoms with Crippen LogP contribution in [-0.4, -0.2) is 17.5 Å². The minimum atomic E-state index is -0.0562. The topological polar surface area (TPSA) is 29.6 Å². The van der Waals surface area contributed by atoms with E-state index in [-0.39, 0.29) is 17.1 Å². The van der Waals surface area contributed by atoms with E-state index < -0.39 is 0 Å². The number of fused-ring (bicyclic) bond motifs is 4. The van der Waals surface area contributed by atoms with Gasteiger partial charge in [0.25, 0.3) is 0 Å². The Morgan fingerprint density at radius 3 is 2.52 bits per heavy atom. The minimum Gasteiger partial charge on any atom is -0.357 e. The highest BCUT2D eigenvalue weighted by Crippen LogP contribution is 2.73. The highest BCUT2D eigenvalue weighted by Gasteiger charge is 2.76. The standard InChI is InChI=1S/C27H44O2/c1-17(2)7-6-8-18(3)20-9-10-21-19-11-16-27-24(29-27)23(28)13-15-26(27,5)22(19)12-14-25(20,21)4/h17-22,24H,6-16H2,1-5H3/t18-,19+,20-,21+,22+,24-,25-,26-,27-/m1/s1. The molecule has 0 amide bonds. The molecule has 0 N–H and O–H groups in total. The molecule has 0 aromatic rings. The second-order valence-corrected chi connectivity index (χ2v) is 12.7. The Hall–Kier alpha value is -0.370. The van der Waals surface area contributed by atoms with Crippen molar-refractivity contribution in [3.05, 3.63) is 0 Å². The molecule has 1 spiro atoms. The van der Waals surface area contributed by atoms with Crippen LogP contribution >= 0.6 is 0 Å². The summed E-state index contributed by atoms with van der Waals surface area (Å²) in [4.78, 5) is 12.3. The molecule has 5 fully saturated rings. The van der Waals surface area contributed by atoms with Crippen LogP contribution < -0.4 is 0 Å². The van der Waals surface area contributed by atoms with Crippen LogP contribution in [0.4, 0.5) is 0 Å². The first-order valence-electron chi connectivity index (χ1n) is 12.9. The Morgan fingerprint density at radius 2 is 1.76 bits per heavy atom. The average Bonchev–Trinajstić information content (AvgIpc) is 3.31. The zero-order valence-electron chi connectivity index (χ0n) is 19.6. The molecular weight excluding hydrogens is 356 g/mol. The Labute approximate surface area is 178 Å². The van der Waals surface area contributed by atoms with Crippen molar-refractivity contribution in [3.8, 4) is 0 Å². The monoisotopic (exact) mass is 400 g/mol. The number of ether oxygens (including phenoxy) is 1. The first-order valence-corrected chi connectivity index (χ1v) is 12.9. The molecule has 0 aromatic heterocycles.